The first kappa shape index (κ1) is 20.5. The van der Waals surface area contributed by atoms with Crippen molar-refractivity contribution in [2.45, 2.75) is 18.3 Å². The third-order valence-corrected chi connectivity index (χ3v) is 4.76. The molecule has 0 saturated carbocycles. The van der Waals surface area contributed by atoms with Crippen LogP contribution in [0.5, 0.6) is 11.5 Å². The standard InChI is InChI=1S/C21H21N3O4S/c1-27-17-9-7-15(8-10-17)12-22-20(26)14-29-21-23-16(11-19(25)24-21)13-28-18-5-3-2-4-6-18/h2-11H,12-14H2,1H3,(H,22,26)(H,23,24,25). The zero-order valence-electron chi connectivity index (χ0n) is 15.9. The van der Waals surface area contributed by atoms with Gasteiger partial charge in [0, 0.05) is 12.6 Å². The predicted octanol–water partition coefficient (Wildman–Crippen LogP) is 2.77. The van der Waals surface area contributed by atoms with Gasteiger partial charge >= 0.3 is 0 Å². The Labute approximate surface area is 172 Å². The van der Waals surface area contributed by atoms with Crippen molar-refractivity contribution < 1.29 is 14.3 Å². The topological polar surface area (TPSA) is 93.3 Å². The van der Waals surface area contributed by atoms with Gasteiger partial charge in [0.1, 0.15) is 18.1 Å². The van der Waals surface area contributed by atoms with Gasteiger partial charge in [0.15, 0.2) is 5.16 Å². The van der Waals surface area contributed by atoms with E-state index >= 15 is 0 Å². The molecule has 0 bridgehead atoms. The molecule has 0 saturated heterocycles. The van der Waals surface area contributed by atoms with E-state index in [2.05, 4.69) is 15.3 Å². The average molecular weight is 411 g/mol. The number of para-hydroxylation sites is 1. The van der Waals surface area contributed by atoms with Crippen molar-refractivity contribution in [2.24, 2.45) is 0 Å². The van der Waals surface area contributed by atoms with Crippen molar-refractivity contribution in [3.05, 3.63) is 82.3 Å². The quantitative estimate of drug-likeness (QED) is 0.415. The van der Waals surface area contributed by atoms with Crippen LogP contribution in [-0.4, -0.2) is 28.7 Å². The first-order valence-electron chi connectivity index (χ1n) is 8.93. The van der Waals surface area contributed by atoms with Gasteiger partial charge in [-0.3, -0.25) is 9.59 Å². The number of ether oxygens (including phenoxy) is 2. The smallest absolute Gasteiger partial charge is 0.251 e. The number of hydrogen-bond donors (Lipinski definition) is 2. The van der Waals surface area contributed by atoms with Gasteiger partial charge in [-0.05, 0) is 29.8 Å². The number of carbonyl (C=O) groups excluding carboxylic acids is 1. The van der Waals surface area contributed by atoms with Crippen LogP contribution in [0.3, 0.4) is 0 Å². The number of nitrogens with one attached hydrogen (secondary N) is 2. The molecule has 1 amide bonds. The Balaban J connectivity index is 1.49. The molecular weight excluding hydrogens is 390 g/mol. The highest BCUT2D eigenvalue weighted by Crippen LogP contribution is 2.14. The number of hydrogen-bond acceptors (Lipinski definition) is 6. The SMILES string of the molecule is COc1ccc(CNC(=O)CSc2nc(COc3ccccc3)cc(=O)[nH]2)cc1. The summed E-state index contributed by atoms with van der Waals surface area (Å²) in [5.41, 5.74) is 1.18. The van der Waals surface area contributed by atoms with Crippen LogP contribution >= 0.6 is 11.8 Å². The zero-order valence-corrected chi connectivity index (χ0v) is 16.7. The Morgan fingerprint density at radius 3 is 2.59 bits per heavy atom. The third-order valence-electron chi connectivity index (χ3n) is 3.89. The second-order valence-corrected chi connectivity index (χ2v) is 7.02. The van der Waals surface area contributed by atoms with Crippen molar-refractivity contribution in [2.75, 3.05) is 12.9 Å². The molecule has 0 radical (unpaired) electrons. The molecule has 150 valence electrons. The van der Waals surface area contributed by atoms with Crippen LogP contribution in [0.1, 0.15) is 11.3 Å². The van der Waals surface area contributed by atoms with Crippen molar-refractivity contribution in [1.82, 2.24) is 15.3 Å². The molecule has 3 aromatic rings. The molecule has 2 aromatic carbocycles. The maximum absolute atomic E-state index is 12.1. The number of aromatic amines is 1. The Morgan fingerprint density at radius 1 is 1.10 bits per heavy atom. The molecule has 0 fully saturated rings. The number of rotatable bonds is 9. The summed E-state index contributed by atoms with van der Waals surface area (Å²) in [7, 11) is 1.61. The lowest BCUT2D eigenvalue weighted by Gasteiger charge is -2.08. The number of methoxy groups -OCH3 is 1. The van der Waals surface area contributed by atoms with E-state index < -0.39 is 0 Å². The fourth-order valence-electron chi connectivity index (χ4n) is 2.43. The van der Waals surface area contributed by atoms with Gasteiger partial charge in [0.05, 0.1) is 18.6 Å². The summed E-state index contributed by atoms with van der Waals surface area (Å²) in [6.07, 6.45) is 0. The van der Waals surface area contributed by atoms with Gasteiger partial charge in [-0.25, -0.2) is 4.98 Å². The number of amides is 1. The number of nitrogens with zero attached hydrogens (tertiary/aromatic N) is 1. The number of carbonyl (C=O) groups is 1. The maximum Gasteiger partial charge on any atom is 0.251 e. The first-order valence-corrected chi connectivity index (χ1v) is 9.91. The molecule has 0 unspecified atom stereocenters. The van der Waals surface area contributed by atoms with Crippen molar-refractivity contribution >= 4 is 17.7 Å². The van der Waals surface area contributed by atoms with E-state index in [1.54, 1.807) is 7.11 Å². The Kier molecular flexibility index (Phi) is 7.29. The van der Waals surface area contributed by atoms with Crippen molar-refractivity contribution in [3.8, 4) is 11.5 Å². The molecule has 0 aliphatic rings. The minimum absolute atomic E-state index is 0.141. The van der Waals surface area contributed by atoms with Gasteiger partial charge in [-0.2, -0.15) is 0 Å². The summed E-state index contributed by atoms with van der Waals surface area (Å²) in [5.74, 6) is 1.45. The van der Waals surface area contributed by atoms with Crippen LogP contribution in [0.25, 0.3) is 0 Å². The monoisotopic (exact) mass is 411 g/mol. The molecule has 0 atom stereocenters. The predicted molar refractivity (Wildman–Crippen MR) is 111 cm³/mol. The average Bonchev–Trinajstić information content (AvgIpc) is 2.75. The van der Waals surface area contributed by atoms with E-state index in [1.165, 1.54) is 17.8 Å². The highest BCUT2D eigenvalue weighted by molar-refractivity contribution is 7.99. The van der Waals surface area contributed by atoms with Gasteiger partial charge in [0.2, 0.25) is 5.91 Å². The number of aromatic nitrogens is 2. The second kappa shape index (κ2) is 10.3. The Hall–Kier alpha value is -3.26. The summed E-state index contributed by atoms with van der Waals surface area (Å²) < 4.78 is 10.7. The Morgan fingerprint density at radius 2 is 1.86 bits per heavy atom. The highest BCUT2D eigenvalue weighted by Gasteiger charge is 2.07. The van der Waals surface area contributed by atoms with Gasteiger partial charge in [0.25, 0.3) is 5.56 Å². The van der Waals surface area contributed by atoms with Crippen LogP contribution in [0.4, 0.5) is 0 Å². The normalized spacial score (nSPS) is 10.4. The third kappa shape index (κ3) is 6.69. The van der Waals surface area contributed by atoms with Gasteiger partial charge < -0.3 is 19.8 Å². The Bertz CT molecular complexity index is 991. The maximum atomic E-state index is 12.1. The zero-order chi connectivity index (χ0) is 20.5. The lowest BCUT2D eigenvalue weighted by atomic mass is 10.2. The van der Waals surface area contributed by atoms with E-state index in [0.29, 0.717) is 23.1 Å². The molecule has 0 aliphatic heterocycles. The number of H-pyrrole nitrogens is 1. The fraction of sp³-hybridized carbons (Fsp3) is 0.190. The molecule has 0 aliphatic carbocycles. The van der Waals surface area contributed by atoms with E-state index in [4.69, 9.17) is 9.47 Å². The summed E-state index contributed by atoms with van der Waals surface area (Å²) in [4.78, 5) is 30.9. The molecule has 1 aromatic heterocycles. The van der Waals surface area contributed by atoms with Crippen LogP contribution in [0.15, 0.2) is 70.6 Å². The summed E-state index contributed by atoms with van der Waals surface area (Å²) >= 11 is 1.17. The van der Waals surface area contributed by atoms with Crippen molar-refractivity contribution in [1.29, 1.82) is 0 Å². The first-order chi connectivity index (χ1) is 14.1. The molecule has 29 heavy (non-hydrogen) atoms. The molecule has 1 heterocycles. The largest absolute Gasteiger partial charge is 0.497 e. The lowest BCUT2D eigenvalue weighted by Crippen LogP contribution is -2.24. The van der Waals surface area contributed by atoms with Crippen LogP contribution in [-0.2, 0) is 17.9 Å². The molecular formula is C21H21N3O4S. The molecule has 2 N–H and O–H groups in total. The van der Waals surface area contributed by atoms with E-state index in [1.807, 2.05) is 54.6 Å². The van der Waals surface area contributed by atoms with Crippen LogP contribution in [0.2, 0.25) is 0 Å². The van der Waals surface area contributed by atoms with E-state index in [9.17, 15) is 9.59 Å². The molecule has 7 nitrogen and oxygen atoms in total. The van der Waals surface area contributed by atoms with Crippen LogP contribution in [0, 0.1) is 0 Å². The van der Waals surface area contributed by atoms with Gasteiger partial charge in [-0.1, -0.05) is 42.1 Å². The minimum atomic E-state index is -0.284. The summed E-state index contributed by atoms with van der Waals surface area (Å²) in [6.45, 7) is 0.587. The highest BCUT2D eigenvalue weighted by atomic mass is 32.2. The molecule has 3 rings (SSSR count). The lowest BCUT2D eigenvalue weighted by molar-refractivity contribution is -0.118. The summed E-state index contributed by atoms with van der Waals surface area (Å²) in [5, 5.41) is 3.22. The van der Waals surface area contributed by atoms with Crippen LogP contribution < -0.4 is 20.3 Å². The minimum Gasteiger partial charge on any atom is -0.497 e. The number of benzene rings is 2. The van der Waals surface area contributed by atoms with E-state index in [0.717, 1.165) is 11.3 Å². The number of thioether (sulfide) groups is 1. The fourth-order valence-corrected chi connectivity index (χ4v) is 3.15. The van der Waals surface area contributed by atoms with E-state index in [-0.39, 0.29) is 23.8 Å². The molecule has 0 spiro atoms. The van der Waals surface area contributed by atoms with Crippen molar-refractivity contribution in [3.63, 3.8) is 0 Å². The second-order valence-electron chi connectivity index (χ2n) is 6.06. The summed E-state index contributed by atoms with van der Waals surface area (Å²) in [6, 6.07) is 18.1. The van der Waals surface area contributed by atoms with Gasteiger partial charge in [-0.15, -0.1) is 0 Å². The molecule has 8 heteroatoms.